The Labute approximate surface area is 154 Å². The minimum atomic E-state index is -5.35. The van der Waals surface area contributed by atoms with Gasteiger partial charge in [-0.1, -0.05) is 30.3 Å². The summed E-state index contributed by atoms with van der Waals surface area (Å²) < 4.78 is 48.5. The lowest BCUT2D eigenvalue weighted by atomic mass is 9.91. The average molecular weight is 387 g/mol. The third kappa shape index (κ3) is 6.21. The SMILES string of the molecule is CCOC(=O)C(C(=O)C(F)(F)F)=C(Cc1ccccc1)C(N)C(=O)OCC. The van der Waals surface area contributed by atoms with Crippen LogP contribution >= 0.6 is 0 Å². The lowest BCUT2D eigenvalue weighted by Gasteiger charge is -2.19. The van der Waals surface area contributed by atoms with E-state index in [1.165, 1.54) is 13.8 Å². The van der Waals surface area contributed by atoms with Crippen molar-refractivity contribution in [1.82, 2.24) is 0 Å². The van der Waals surface area contributed by atoms with E-state index in [4.69, 9.17) is 10.5 Å². The van der Waals surface area contributed by atoms with Gasteiger partial charge in [-0.25, -0.2) is 4.79 Å². The first-order valence-corrected chi connectivity index (χ1v) is 8.11. The summed E-state index contributed by atoms with van der Waals surface area (Å²) in [5, 5.41) is 0. The summed E-state index contributed by atoms with van der Waals surface area (Å²) in [6.07, 6.45) is -5.69. The highest BCUT2D eigenvalue weighted by Crippen LogP contribution is 2.26. The van der Waals surface area contributed by atoms with Crippen molar-refractivity contribution in [3.8, 4) is 0 Å². The molecule has 1 aromatic rings. The lowest BCUT2D eigenvalue weighted by Crippen LogP contribution is -2.40. The highest BCUT2D eigenvalue weighted by molar-refractivity contribution is 6.20. The van der Waals surface area contributed by atoms with Crippen LogP contribution in [0.15, 0.2) is 41.5 Å². The van der Waals surface area contributed by atoms with Crippen molar-refractivity contribution in [1.29, 1.82) is 0 Å². The van der Waals surface area contributed by atoms with Crippen LogP contribution in [0.4, 0.5) is 13.2 Å². The summed E-state index contributed by atoms with van der Waals surface area (Å²) >= 11 is 0. The molecule has 0 saturated heterocycles. The van der Waals surface area contributed by atoms with Gasteiger partial charge in [-0.2, -0.15) is 13.2 Å². The summed E-state index contributed by atoms with van der Waals surface area (Å²) in [6, 6.07) is 6.26. The molecule has 0 radical (unpaired) electrons. The molecule has 1 rings (SSSR count). The molecule has 0 bridgehead atoms. The minimum absolute atomic E-state index is 0.0763. The maximum atomic E-state index is 13.1. The number of benzene rings is 1. The van der Waals surface area contributed by atoms with E-state index in [2.05, 4.69) is 4.74 Å². The topological polar surface area (TPSA) is 95.7 Å². The number of carbonyl (C=O) groups excluding carboxylic acids is 3. The Morgan fingerprint density at radius 2 is 1.59 bits per heavy atom. The first-order chi connectivity index (χ1) is 12.6. The quantitative estimate of drug-likeness (QED) is 0.318. The Balaban J connectivity index is 3.59. The van der Waals surface area contributed by atoms with Gasteiger partial charge in [0.2, 0.25) is 0 Å². The van der Waals surface area contributed by atoms with Crippen LogP contribution in [0.25, 0.3) is 0 Å². The molecule has 0 aromatic heterocycles. The summed E-state index contributed by atoms with van der Waals surface area (Å²) in [5.41, 5.74) is 4.39. The molecule has 1 aromatic carbocycles. The number of hydrogen-bond donors (Lipinski definition) is 1. The van der Waals surface area contributed by atoms with Gasteiger partial charge in [-0.15, -0.1) is 0 Å². The van der Waals surface area contributed by atoms with E-state index in [9.17, 15) is 27.6 Å². The highest BCUT2D eigenvalue weighted by atomic mass is 19.4. The molecule has 1 unspecified atom stereocenters. The van der Waals surface area contributed by atoms with Crippen LogP contribution in [0, 0.1) is 0 Å². The molecular weight excluding hydrogens is 367 g/mol. The van der Waals surface area contributed by atoms with Crippen molar-refractivity contribution in [2.45, 2.75) is 32.5 Å². The first kappa shape index (κ1) is 22.4. The predicted octanol–water partition coefficient (Wildman–Crippen LogP) is 2.11. The van der Waals surface area contributed by atoms with Crippen LogP contribution in [0.5, 0.6) is 0 Å². The summed E-state index contributed by atoms with van der Waals surface area (Å²) in [7, 11) is 0. The maximum absolute atomic E-state index is 13.1. The van der Waals surface area contributed by atoms with Gasteiger partial charge in [0.25, 0.3) is 5.78 Å². The fraction of sp³-hybridized carbons (Fsp3) is 0.389. The van der Waals surface area contributed by atoms with Gasteiger partial charge in [-0.3, -0.25) is 9.59 Å². The fourth-order valence-electron chi connectivity index (χ4n) is 2.26. The van der Waals surface area contributed by atoms with Gasteiger partial charge in [0, 0.05) is 0 Å². The normalized spacial score (nSPS) is 13.4. The van der Waals surface area contributed by atoms with Crippen LogP contribution in [-0.4, -0.2) is 43.2 Å². The molecule has 0 aliphatic carbocycles. The number of nitrogens with two attached hydrogens (primary N) is 1. The Morgan fingerprint density at radius 3 is 2.07 bits per heavy atom. The van der Waals surface area contributed by atoms with Gasteiger partial charge < -0.3 is 15.2 Å². The predicted molar refractivity (Wildman–Crippen MR) is 89.5 cm³/mol. The largest absolute Gasteiger partial charge is 0.465 e. The molecule has 1 atom stereocenters. The number of esters is 2. The third-order valence-corrected chi connectivity index (χ3v) is 3.44. The Morgan fingerprint density at radius 1 is 1.04 bits per heavy atom. The van der Waals surface area contributed by atoms with Gasteiger partial charge >= 0.3 is 18.1 Å². The zero-order valence-corrected chi connectivity index (χ0v) is 14.8. The number of alkyl halides is 3. The molecule has 0 heterocycles. The van der Waals surface area contributed by atoms with Gasteiger partial charge in [0.1, 0.15) is 11.6 Å². The second-order valence-electron chi connectivity index (χ2n) is 5.34. The highest BCUT2D eigenvalue weighted by Gasteiger charge is 2.46. The summed E-state index contributed by atoms with van der Waals surface area (Å²) in [6.45, 7) is 2.52. The molecule has 9 heteroatoms. The molecule has 0 aliphatic rings. The van der Waals surface area contributed by atoms with Crippen molar-refractivity contribution in [3.63, 3.8) is 0 Å². The van der Waals surface area contributed by atoms with E-state index in [1.807, 2.05) is 0 Å². The minimum Gasteiger partial charge on any atom is -0.465 e. The number of ketones is 1. The van der Waals surface area contributed by atoms with Crippen LogP contribution in [0.2, 0.25) is 0 Å². The van der Waals surface area contributed by atoms with Gasteiger partial charge in [0.15, 0.2) is 0 Å². The van der Waals surface area contributed by atoms with Crippen molar-refractivity contribution in [2.24, 2.45) is 5.73 Å². The molecule has 2 N–H and O–H groups in total. The Bertz CT molecular complexity index is 713. The summed E-state index contributed by atoms with van der Waals surface area (Å²) in [4.78, 5) is 36.1. The van der Waals surface area contributed by atoms with Crippen molar-refractivity contribution in [3.05, 3.63) is 47.0 Å². The van der Waals surface area contributed by atoms with E-state index in [-0.39, 0.29) is 19.6 Å². The zero-order chi connectivity index (χ0) is 20.6. The average Bonchev–Trinajstić information content (AvgIpc) is 2.61. The molecule has 0 fully saturated rings. The standard InChI is InChI=1S/C18H20F3NO5/c1-3-26-16(24)13(15(23)18(19,20)21)12(14(22)17(25)27-4-2)10-11-8-6-5-7-9-11/h5-9,14H,3-4,10,22H2,1-2H3. The van der Waals surface area contributed by atoms with Crippen molar-refractivity contribution < 1.29 is 37.0 Å². The molecule has 148 valence electrons. The zero-order valence-electron chi connectivity index (χ0n) is 14.8. The molecule has 27 heavy (non-hydrogen) atoms. The molecular formula is C18H20F3NO5. The molecule has 0 saturated carbocycles. The Kier molecular flexibility index (Phi) is 8.17. The lowest BCUT2D eigenvalue weighted by molar-refractivity contribution is -0.168. The number of ether oxygens (including phenoxy) is 2. The summed E-state index contributed by atoms with van der Waals surface area (Å²) in [5.74, 6) is -4.97. The number of carbonyl (C=O) groups is 3. The number of halogens is 3. The van der Waals surface area contributed by atoms with E-state index < -0.39 is 41.1 Å². The second-order valence-corrected chi connectivity index (χ2v) is 5.34. The van der Waals surface area contributed by atoms with Gasteiger partial charge in [0.05, 0.1) is 13.2 Å². The van der Waals surface area contributed by atoms with Crippen LogP contribution in [0.3, 0.4) is 0 Å². The monoisotopic (exact) mass is 387 g/mol. The third-order valence-electron chi connectivity index (χ3n) is 3.44. The molecule has 0 spiro atoms. The maximum Gasteiger partial charge on any atom is 0.455 e. The van der Waals surface area contributed by atoms with E-state index in [0.29, 0.717) is 5.56 Å². The van der Waals surface area contributed by atoms with E-state index in [0.717, 1.165) is 0 Å². The number of hydrogen-bond acceptors (Lipinski definition) is 6. The Hall–Kier alpha value is -2.68. The molecule has 0 aliphatic heterocycles. The van der Waals surface area contributed by atoms with Crippen molar-refractivity contribution >= 4 is 17.7 Å². The number of rotatable bonds is 8. The van der Waals surface area contributed by atoms with E-state index >= 15 is 0 Å². The molecule has 0 amide bonds. The second kappa shape index (κ2) is 9.86. The first-order valence-electron chi connectivity index (χ1n) is 8.11. The fourth-order valence-corrected chi connectivity index (χ4v) is 2.26. The number of Topliss-reactive ketones (excluding diaryl/α,β-unsaturated/α-hetero) is 1. The molecule has 6 nitrogen and oxygen atoms in total. The van der Waals surface area contributed by atoms with Crippen molar-refractivity contribution in [2.75, 3.05) is 13.2 Å². The van der Waals surface area contributed by atoms with Gasteiger partial charge in [-0.05, 0) is 31.4 Å². The smallest absolute Gasteiger partial charge is 0.455 e. The van der Waals surface area contributed by atoms with Crippen LogP contribution in [-0.2, 0) is 30.3 Å². The van der Waals surface area contributed by atoms with Crippen LogP contribution in [0.1, 0.15) is 19.4 Å². The van der Waals surface area contributed by atoms with E-state index in [1.54, 1.807) is 30.3 Å². The van der Waals surface area contributed by atoms with Crippen LogP contribution < -0.4 is 5.73 Å².